The average Bonchev–Trinajstić information content (AvgIpc) is 2.32. The maximum Gasteiger partial charge on any atom is 0.322 e. The number of aliphatic carboxylic acids is 1. The summed E-state index contributed by atoms with van der Waals surface area (Å²) >= 11 is 0. The largest absolute Gasteiger partial charge is 0.480 e. The van der Waals surface area contributed by atoms with Crippen LogP contribution in [0.3, 0.4) is 0 Å². The van der Waals surface area contributed by atoms with Gasteiger partial charge in [-0.25, -0.2) is 8.78 Å². The summed E-state index contributed by atoms with van der Waals surface area (Å²) < 4.78 is 25.9. The molecule has 0 aromatic heterocycles. The van der Waals surface area contributed by atoms with Crippen molar-refractivity contribution in [3.63, 3.8) is 0 Å². The summed E-state index contributed by atoms with van der Waals surface area (Å²) in [6, 6.07) is 2.01. The molecule has 0 bridgehead atoms. The van der Waals surface area contributed by atoms with Crippen LogP contribution in [0, 0.1) is 11.6 Å². The van der Waals surface area contributed by atoms with Gasteiger partial charge in [-0.2, -0.15) is 0 Å². The third-order valence-electron chi connectivity index (χ3n) is 2.76. The molecule has 3 N–H and O–H groups in total. The van der Waals surface area contributed by atoms with E-state index in [-0.39, 0.29) is 0 Å². The second-order valence-electron chi connectivity index (χ2n) is 3.88. The number of benzene rings is 1. The summed E-state index contributed by atoms with van der Waals surface area (Å²) in [6.45, 7) is 1.10. The topological polar surface area (TPSA) is 61.4 Å². The lowest BCUT2D eigenvalue weighted by molar-refractivity contribution is -0.140. The first-order valence-corrected chi connectivity index (χ1v) is 5.24. The fourth-order valence-electron chi connectivity index (χ4n) is 1.94. The molecule has 1 saturated heterocycles. The van der Waals surface area contributed by atoms with Crippen molar-refractivity contribution < 1.29 is 18.7 Å². The van der Waals surface area contributed by atoms with E-state index in [2.05, 4.69) is 10.6 Å². The van der Waals surface area contributed by atoms with Gasteiger partial charge in [0, 0.05) is 13.1 Å². The highest BCUT2D eigenvalue weighted by Gasteiger charge is 2.31. The van der Waals surface area contributed by atoms with E-state index in [0.717, 1.165) is 12.1 Å². The number of hydrogen-bond donors (Lipinski definition) is 3. The number of piperazine rings is 1. The zero-order valence-electron chi connectivity index (χ0n) is 8.91. The van der Waals surface area contributed by atoms with Gasteiger partial charge in [-0.05, 0) is 17.7 Å². The van der Waals surface area contributed by atoms with Gasteiger partial charge in [0.2, 0.25) is 0 Å². The average molecular weight is 242 g/mol. The second kappa shape index (κ2) is 4.77. The van der Waals surface area contributed by atoms with E-state index >= 15 is 0 Å². The normalized spacial score (nSPS) is 24.6. The highest BCUT2D eigenvalue weighted by molar-refractivity contribution is 5.75. The first kappa shape index (κ1) is 11.9. The Morgan fingerprint density at radius 3 is 2.59 bits per heavy atom. The second-order valence-corrected chi connectivity index (χ2v) is 3.88. The van der Waals surface area contributed by atoms with Gasteiger partial charge < -0.3 is 15.7 Å². The summed E-state index contributed by atoms with van der Waals surface area (Å²) in [7, 11) is 0. The summed E-state index contributed by atoms with van der Waals surface area (Å²) in [5, 5.41) is 14.8. The number of carbonyl (C=O) groups is 1. The summed E-state index contributed by atoms with van der Waals surface area (Å²) in [6.07, 6.45) is 0. The van der Waals surface area contributed by atoms with Crippen molar-refractivity contribution in [2.75, 3.05) is 13.1 Å². The van der Waals surface area contributed by atoms with Crippen LogP contribution in [0.25, 0.3) is 0 Å². The van der Waals surface area contributed by atoms with Gasteiger partial charge in [0.15, 0.2) is 11.6 Å². The molecular weight excluding hydrogens is 230 g/mol. The van der Waals surface area contributed by atoms with Crippen molar-refractivity contribution in [2.45, 2.75) is 12.1 Å². The van der Waals surface area contributed by atoms with E-state index in [0.29, 0.717) is 18.7 Å². The van der Waals surface area contributed by atoms with Gasteiger partial charge in [0.05, 0.1) is 6.04 Å². The zero-order chi connectivity index (χ0) is 12.4. The number of carboxylic acids is 1. The molecule has 92 valence electrons. The van der Waals surface area contributed by atoms with Crippen LogP contribution in [0.2, 0.25) is 0 Å². The van der Waals surface area contributed by atoms with E-state index < -0.39 is 29.7 Å². The van der Waals surface area contributed by atoms with Crippen LogP contribution in [-0.2, 0) is 4.79 Å². The number of hydrogen-bond acceptors (Lipinski definition) is 3. The number of carboxylic acid groups (broad SMARTS) is 1. The predicted molar refractivity (Wildman–Crippen MR) is 56.5 cm³/mol. The molecule has 2 atom stereocenters. The summed E-state index contributed by atoms with van der Waals surface area (Å²) in [4.78, 5) is 11.0. The molecule has 1 aliphatic rings. The Morgan fingerprint density at radius 2 is 1.94 bits per heavy atom. The Balaban J connectivity index is 2.29. The highest BCUT2D eigenvalue weighted by Crippen LogP contribution is 2.21. The molecule has 1 heterocycles. The van der Waals surface area contributed by atoms with Crippen LogP contribution in [0.15, 0.2) is 18.2 Å². The van der Waals surface area contributed by atoms with Crippen molar-refractivity contribution in [1.82, 2.24) is 10.6 Å². The SMILES string of the molecule is O=C(O)C1NCCNC1c1ccc(F)c(F)c1. The number of rotatable bonds is 2. The Morgan fingerprint density at radius 1 is 1.24 bits per heavy atom. The van der Waals surface area contributed by atoms with Gasteiger partial charge in [-0.15, -0.1) is 0 Å². The van der Waals surface area contributed by atoms with Crippen molar-refractivity contribution in [1.29, 1.82) is 0 Å². The van der Waals surface area contributed by atoms with Gasteiger partial charge in [0.1, 0.15) is 6.04 Å². The van der Waals surface area contributed by atoms with Crippen molar-refractivity contribution in [2.24, 2.45) is 0 Å². The molecule has 1 aliphatic heterocycles. The Hall–Kier alpha value is -1.53. The third-order valence-corrected chi connectivity index (χ3v) is 2.76. The molecule has 2 unspecified atom stereocenters. The minimum absolute atomic E-state index is 0.420. The van der Waals surface area contributed by atoms with E-state index in [4.69, 9.17) is 5.11 Å². The standard InChI is InChI=1S/C11H12F2N2O2/c12-7-2-1-6(5-8(7)13)9-10(11(16)17)15-4-3-14-9/h1-2,5,9-10,14-15H,3-4H2,(H,16,17). The maximum atomic E-state index is 13.1. The molecule has 1 fully saturated rings. The monoisotopic (exact) mass is 242 g/mol. The molecule has 0 saturated carbocycles. The first-order valence-electron chi connectivity index (χ1n) is 5.24. The van der Waals surface area contributed by atoms with Crippen LogP contribution in [-0.4, -0.2) is 30.2 Å². The third kappa shape index (κ3) is 2.42. The smallest absolute Gasteiger partial charge is 0.322 e. The molecule has 0 radical (unpaired) electrons. The fraction of sp³-hybridized carbons (Fsp3) is 0.364. The van der Waals surface area contributed by atoms with Crippen LogP contribution in [0.1, 0.15) is 11.6 Å². The van der Waals surface area contributed by atoms with E-state index in [1.54, 1.807) is 0 Å². The molecule has 4 nitrogen and oxygen atoms in total. The zero-order valence-corrected chi connectivity index (χ0v) is 8.91. The number of halogens is 2. The van der Waals surface area contributed by atoms with Crippen LogP contribution < -0.4 is 10.6 Å². The van der Waals surface area contributed by atoms with Gasteiger partial charge in [0.25, 0.3) is 0 Å². The predicted octanol–water partition coefficient (Wildman–Crippen LogP) is 0.652. The van der Waals surface area contributed by atoms with E-state index in [1.807, 2.05) is 0 Å². The van der Waals surface area contributed by atoms with Gasteiger partial charge >= 0.3 is 5.97 Å². The first-order chi connectivity index (χ1) is 8.09. The highest BCUT2D eigenvalue weighted by atomic mass is 19.2. The minimum Gasteiger partial charge on any atom is -0.480 e. The number of nitrogens with one attached hydrogen (secondary N) is 2. The maximum absolute atomic E-state index is 13.1. The lowest BCUT2D eigenvalue weighted by atomic mass is 9.97. The molecule has 6 heteroatoms. The molecule has 17 heavy (non-hydrogen) atoms. The molecule has 0 aliphatic carbocycles. The lowest BCUT2D eigenvalue weighted by Gasteiger charge is -2.31. The Kier molecular flexibility index (Phi) is 3.35. The fourth-order valence-corrected chi connectivity index (χ4v) is 1.94. The Bertz CT molecular complexity index is 439. The molecule has 2 rings (SSSR count). The summed E-state index contributed by atoms with van der Waals surface area (Å²) in [5.74, 6) is -2.93. The lowest BCUT2D eigenvalue weighted by Crippen LogP contribution is -2.54. The van der Waals surface area contributed by atoms with E-state index in [1.165, 1.54) is 6.07 Å². The van der Waals surface area contributed by atoms with Gasteiger partial charge in [-0.1, -0.05) is 6.07 Å². The van der Waals surface area contributed by atoms with Crippen molar-refractivity contribution in [3.8, 4) is 0 Å². The minimum atomic E-state index is -1.02. The quantitative estimate of drug-likeness (QED) is 0.712. The molecule has 0 amide bonds. The Labute approximate surface area is 96.6 Å². The van der Waals surface area contributed by atoms with Crippen LogP contribution in [0.4, 0.5) is 8.78 Å². The molecule has 1 aromatic rings. The van der Waals surface area contributed by atoms with Crippen LogP contribution in [0.5, 0.6) is 0 Å². The van der Waals surface area contributed by atoms with Crippen molar-refractivity contribution >= 4 is 5.97 Å². The van der Waals surface area contributed by atoms with Crippen molar-refractivity contribution in [3.05, 3.63) is 35.4 Å². The summed E-state index contributed by atoms with van der Waals surface area (Å²) in [5.41, 5.74) is 0.420. The van der Waals surface area contributed by atoms with E-state index in [9.17, 15) is 13.6 Å². The molecule has 0 spiro atoms. The van der Waals surface area contributed by atoms with Crippen LogP contribution >= 0.6 is 0 Å². The molecule has 1 aromatic carbocycles. The molecular formula is C11H12F2N2O2. The van der Waals surface area contributed by atoms with Gasteiger partial charge in [-0.3, -0.25) is 4.79 Å².